The van der Waals surface area contributed by atoms with E-state index in [-0.39, 0.29) is 22.1 Å². The van der Waals surface area contributed by atoms with Crippen molar-refractivity contribution in [1.82, 2.24) is 5.01 Å². The average Bonchev–Trinajstić information content (AvgIpc) is 3.16. The van der Waals surface area contributed by atoms with Crippen LogP contribution < -0.4 is 4.18 Å². The molecule has 4 rings (SSSR count). The van der Waals surface area contributed by atoms with Gasteiger partial charge in [0.2, 0.25) is 5.17 Å². The zero-order valence-electron chi connectivity index (χ0n) is 15.8. The van der Waals surface area contributed by atoms with Gasteiger partial charge in [-0.3, -0.25) is 10.2 Å². The second kappa shape index (κ2) is 7.88. The van der Waals surface area contributed by atoms with Gasteiger partial charge in [0.05, 0.1) is 5.57 Å². The van der Waals surface area contributed by atoms with Crippen molar-refractivity contribution in [2.24, 2.45) is 10.1 Å². The van der Waals surface area contributed by atoms with Crippen LogP contribution in [-0.2, 0) is 14.9 Å². The molecule has 0 saturated carbocycles. The summed E-state index contributed by atoms with van der Waals surface area (Å²) in [5.74, 6) is -0.425. The molecule has 1 N–H and O–H groups in total. The number of thioether (sulfide) groups is 1. The highest BCUT2D eigenvalue weighted by Crippen LogP contribution is 2.29. The fraction of sp³-hybridized carbons (Fsp3) is 0.100. The van der Waals surface area contributed by atoms with Gasteiger partial charge < -0.3 is 4.18 Å². The van der Waals surface area contributed by atoms with Crippen LogP contribution in [0.25, 0.3) is 6.08 Å². The van der Waals surface area contributed by atoms with Gasteiger partial charge in [0.25, 0.3) is 5.91 Å². The van der Waals surface area contributed by atoms with Crippen LogP contribution in [0.15, 0.2) is 75.2 Å². The number of carbonyl (C=O) groups excluding carboxylic acids is 1. The number of hydrogen-bond donors (Lipinski definition) is 1. The summed E-state index contributed by atoms with van der Waals surface area (Å²) >= 11 is 1.28. The van der Waals surface area contributed by atoms with Crippen LogP contribution in [0.5, 0.6) is 5.75 Å². The zero-order valence-corrected chi connectivity index (χ0v) is 17.4. The lowest BCUT2D eigenvalue weighted by molar-refractivity contribution is -0.114. The average molecular weight is 441 g/mol. The van der Waals surface area contributed by atoms with E-state index in [4.69, 9.17) is 9.59 Å². The van der Waals surface area contributed by atoms with Crippen molar-refractivity contribution >= 4 is 49.9 Å². The molecule has 2 aliphatic rings. The lowest BCUT2D eigenvalue weighted by Gasteiger charge is -2.20. The summed E-state index contributed by atoms with van der Waals surface area (Å²) in [4.78, 5) is 16.4. The summed E-state index contributed by atoms with van der Waals surface area (Å²) in [6.07, 6.45) is 2.21. The highest BCUT2D eigenvalue weighted by atomic mass is 32.2. The Bertz CT molecular complexity index is 1220. The molecular formula is C20H16N4O4S2. The summed E-state index contributed by atoms with van der Waals surface area (Å²) in [6.45, 7) is 1.94. The minimum atomic E-state index is -3.93. The fourth-order valence-electron chi connectivity index (χ4n) is 2.72. The van der Waals surface area contributed by atoms with E-state index in [1.807, 2.05) is 6.92 Å². The minimum absolute atomic E-state index is 0.0482. The van der Waals surface area contributed by atoms with Crippen LogP contribution in [0.1, 0.15) is 18.9 Å². The molecule has 2 aromatic rings. The van der Waals surface area contributed by atoms with Crippen LogP contribution in [0, 0.1) is 5.41 Å². The third-order valence-electron chi connectivity index (χ3n) is 4.23. The Morgan fingerprint density at radius 2 is 1.83 bits per heavy atom. The number of fused-ring (bicyclic) bond motifs is 1. The molecule has 0 aliphatic carbocycles. The summed E-state index contributed by atoms with van der Waals surface area (Å²) < 4.78 is 29.8. The molecular weight excluding hydrogens is 424 g/mol. The molecule has 0 spiro atoms. The van der Waals surface area contributed by atoms with Crippen LogP contribution in [0.4, 0.5) is 0 Å². The molecule has 0 bridgehead atoms. The predicted molar refractivity (Wildman–Crippen MR) is 116 cm³/mol. The van der Waals surface area contributed by atoms with Gasteiger partial charge in [0, 0.05) is 0 Å². The maximum atomic E-state index is 12.4. The highest BCUT2D eigenvalue weighted by molar-refractivity contribution is 8.26. The first-order valence-corrected chi connectivity index (χ1v) is 11.2. The SMILES string of the molecule is CCC1=NN2C(=N)/C(=C/c3ccc(OS(=O)(=O)c4ccccc4)cc3)C(=O)N=C2S1. The van der Waals surface area contributed by atoms with E-state index >= 15 is 0 Å². The third-order valence-corrected chi connectivity index (χ3v) is 6.54. The molecule has 0 radical (unpaired) electrons. The molecule has 0 fully saturated rings. The number of benzene rings is 2. The smallest absolute Gasteiger partial charge is 0.339 e. The number of rotatable bonds is 5. The van der Waals surface area contributed by atoms with E-state index in [0.29, 0.717) is 17.2 Å². The van der Waals surface area contributed by atoms with Gasteiger partial charge in [-0.25, -0.2) is 0 Å². The number of nitrogens with one attached hydrogen (secondary N) is 1. The minimum Gasteiger partial charge on any atom is -0.379 e. The third kappa shape index (κ3) is 3.91. The number of aliphatic imine (C=N–C) groups is 1. The summed E-state index contributed by atoms with van der Waals surface area (Å²) in [5, 5.41) is 15.1. The molecule has 152 valence electrons. The van der Waals surface area contributed by atoms with Crippen molar-refractivity contribution in [1.29, 1.82) is 5.41 Å². The summed E-state index contributed by atoms with van der Waals surface area (Å²) in [7, 11) is -3.93. The Morgan fingerprint density at radius 1 is 1.13 bits per heavy atom. The molecule has 0 saturated heterocycles. The summed E-state index contributed by atoms with van der Waals surface area (Å²) in [5.41, 5.74) is 0.698. The Balaban J connectivity index is 1.55. The van der Waals surface area contributed by atoms with Crippen molar-refractivity contribution in [3.8, 4) is 5.75 Å². The standard InChI is InChI=1S/C20H16N4O4S2/c1-2-17-23-24-18(21)16(19(25)22-20(24)29-17)12-13-8-10-14(11-9-13)28-30(26,27)15-6-4-3-5-7-15/h3-12,21H,2H2,1H3/b16-12-,21-18?. The van der Waals surface area contributed by atoms with Gasteiger partial charge in [-0.1, -0.05) is 37.3 Å². The van der Waals surface area contributed by atoms with Crippen LogP contribution in [-0.4, -0.2) is 35.4 Å². The van der Waals surface area contributed by atoms with Crippen molar-refractivity contribution in [3.63, 3.8) is 0 Å². The first kappa shape index (κ1) is 20.0. The normalized spacial score (nSPS) is 17.6. The summed E-state index contributed by atoms with van der Waals surface area (Å²) in [6, 6.07) is 14.0. The topological polar surface area (TPSA) is 112 Å². The highest BCUT2D eigenvalue weighted by Gasteiger charge is 2.35. The lowest BCUT2D eigenvalue weighted by atomic mass is 10.1. The number of hydrazone groups is 1. The van der Waals surface area contributed by atoms with E-state index in [9.17, 15) is 13.2 Å². The van der Waals surface area contributed by atoms with E-state index in [0.717, 1.165) is 5.04 Å². The molecule has 2 heterocycles. The quantitative estimate of drug-likeness (QED) is 0.563. The first-order chi connectivity index (χ1) is 14.4. The second-order valence-corrected chi connectivity index (χ2v) is 8.87. The van der Waals surface area contributed by atoms with Crippen LogP contribution in [0.2, 0.25) is 0 Å². The predicted octanol–water partition coefficient (Wildman–Crippen LogP) is 3.48. The molecule has 2 aromatic carbocycles. The van der Waals surface area contributed by atoms with Crippen LogP contribution >= 0.6 is 11.8 Å². The first-order valence-electron chi connectivity index (χ1n) is 8.96. The molecule has 10 heteroatoms. The molecule has 2 aliphatic heterocycles. The Kier molecular flexibility index (Phi) is 5.27. The van der Waals surface area contributed by atoms with Gasteiger partial charge in [0.15, 0.2) is 5.84 Å². The molecule has 1 amide bonds. The fourth-order valence-corrected chi connectivity index (χ4v) is 4.50. The molecule has 0 aromatic heterocycles. The van der Waals surface area contributed by atoms with Gasteiger partial charge in [-0.05, 0) is 54.1 Å². The van der Waals surface area contributed by atoms with E-state index in [1.54, 1.807) is 30.3 Å². The number of amides is 1. The van der Waals surface area contributed by atoms with Crippen molar-refractivity contribution in [2.45, 2.75) is 18.2 Å². The Hall–Kier alpha value is -3.24. The van der Waals surface area contributed by atoms with E-state index in [1.165, 1.54) is 47.1 Å². The van der Waals surface area contributed by atoms with Crippen molar-refractivity contribution in [3.05, 3.63) is 65.7 Å². The van der Waals surface area contributed by atoms with Gasteiger partial charge in [0.1, 0.15) is 15.7 Å². The number of hydrogen-bond acceptors (Lipinski definition) is 7. The van der Waals surface area contributed by atoms with Crippen molar-refractivity contribution < 1.29 is 17.4 Å². The second-order valence-electron chi connectivity index (χ2n) is 6.29. The number of amidine groups is 2. The molecule has 0 atom stereocenters. The zero-order chi connectivity index (χ0) is 21.3. The monoisotopic (exact) mass is 440 g/mol. The largest absolute Gasteiger partial charge is 0.379 e. The maximum absolute atomic E-state index is 12.4. The number of nitrogens with zero attached hydrogens (tertiary/aromatic N) is 3. The van der Waals surface area contributed by atoms with Gasteiger partial charge >= 0.3 is 10.1 Å². The lowest BCUT2D eigenvalue weighted by Crippen LogP contribution is -2.35. The van der Waals surface area contributed by atoms with Gasteiger partial charge in [-0.2, -0.15) is 23.5 Å². The van der Waals surface area contributed by atoms with Gasteiger partial charge in [-0.15, -0.1) is 0 Å². The molecule has 0 unspecified atom stereocenters. The van der Waals surface area contributed by atoms with Crippen molar-refractivity contribution in [2.75, 3.05) is 0 Å². The Morgan fingerprint density at radius 3 is 2.50 bits per heavy atom. The molecule has 30 heavy (non-hydrogen) atoms. The van der Waals surface area contributed by atoms with Crippen LogP contribution in [0.3, 0.4) is 0 Å². The van der Waals surface area contributed by atoms with E-state index in [2.05, 4.69) is 10.1 Å². The number of carbonyl (C=O) groups is 1. The Labute approximate surface area is 177 Å². The maximum Gasteiger partial charge on any atom is 0.339 e. The molecule has 8 nitrogen and oxygen atoms in total. The van der Waals surface area contributed by atoms with E-state index < -0.39 is 16.0 Å².